The Bertz CT molecular complexity index is 360. The maximum atomic E-state index is 9.14. The topological polar surface area (TPSA) is 58.0 Å². The first kappa shape index (κ1) is 14.9. The smallest absolute Gasteiger partial charge is 0.129 e. The van der Waals surface area contributed by atoms with Crippen LogP contribution < -0.4 is 5.32 Å². The molecule has 1 aromatic heterocycles. The molecule has 0 spiro atoms. The van der Waals surface area contributed by atoms with Gasteiger partial charge in [-0.05, 0) is 18.3 Å². The normalized spacial score (nSPS) is 13.4. The molecule has 4 nitrogen and oxygen atoms in total. The monoisotopic (exact) mass is 251 g/mol. The van der Waals surface area contributed by atoms with Gasteiger partial charge in [0, 0.05) is 24.4 Å². The van der Waals surface area contributed by atoms with Gasteiger partial charge in [-0.1, -0.05) is 34.1 Å². The minimum Gasteiger partial charge on any atom is -0.396 e. The number of hydrogen-bond donors (Lipinski definition) is 2. The second kappa shape index (κ2) is 6.69. The Labute approximate surface area is 110 Å². The molecular weight excluding hydrogens is 226 g/mol. The molecule has 4 heteroatoms. The Balaban J connectivity index is 2.77. The molecule has 0 saturated heterocycles. The molecule has 1 atom stereocenters. The molecule has 0 aliphatic rings. The van der Waals surface area contributed by atoms with E-state index in [2.05, 4.69) is 43.0 Å². The highest BCUT2D eigenvalue weighted by Crippen LogP contribution is 2.24. The van der Waals surface area contributed by atoms with Crippen LogP contribution in [-0.2, 0) is 6.42 Å². The van der Waals surface area contributed by atoms with Crippen LogP contribution in [0.5, 0.6) is 0 Å². The Morgan fingerprint density at radius 1 is 1.33 bits per heavy atom. The molecule has 0 saturated carbocycles. The average Bonchev–Trinajstić information content (AvgIpc) is 2.28. The Morgan fingerprint density at radius 3 is 2.61 bits per heavy atom. The van der Waals surface area contributed by atoms with Crippen molar-refractivity contribution in [2.75, 3.05) is 11.9 Å². The molecule has 1 heterocycles. The number of nitrogens with one attached hydrogen (secondary N) is 1. The van der Waals surface area contributed by atoms with Crippen molar-refractivity contribution >= 4 is 5.82 Å². The summed E-state index contributed by atoms with van der Waals surface area (Å²) in [5.41, 5.74) is 1.14. The lowest BCUT2D eigenvalue weighted by Crippen LogP contribution is -2.35. The van der Waals surface area contributed by atoms with Gasteiger partial charge in [-0.25, -0.2) is 9.97 Å². The highest BCUT2D eigenvalue weighted by molar-refractivity contribution is 5.36. The Hall–Kier alpha value is -1.16. The minimum atomic E-state index is 0.0819. The van der Waals surface area contributed by atoms with Gasteiger partial charge in [0.2, 0.25) is 0 Å². The maximum Gasteiger partial charge on any atom is 0.129 e. The van der Waals surface area contributed by atoms with Crippen molar-refractivity contribution in [3.8, 4) is 0 Å². The van der Waals surface area contributed by atoms with E-state index >= 15 is 0 Å². The molecule has 0 aromatic carbocycles. The van der Waals surface area contributed by atoms with Gasteiger partial charge >= 0.3 is 0 Å². The molecule has 0 aliphatic carbocycles. The summed E-state index contributed by atoms with van der Waals surface area (Å²) >= 11 is 0. The van der Waals surface area contributed by atoms with Crippen molar-refractivity contribution in [2.24, 2.45) is 5.41 Å². The van der Waals surface area contributed by atoms with Gasteiger partial charge in [0.05, 0.1) is 0 Å². The highest BCUT2D eigenvalue weighted by atomic mass is 16.3. The summed E-state index contributed by atoms with van der Waals surface area (Å²) in [6.07, 6.45) is 4.37. The lowest BCUT2D eigenvalue weighted by Gasteiger charge is -2.31. The number of hydrogen-bond acceptors (Lipinski definition) is 4. The third-order valence-corrected chi connectivity index (χ3v) is 3.02. The molecule has 18 heavy (non-hydrogen) atoms. The van der Waals surface area contributed by atoms with Crippen molar-refractivity contribution in [3.63, 3.8) is 0 Å². The van der Waals surface area contributed by atoms with Crippen LogP contribution in [0.3, 0.4) is 0 Å². The molecule has 1 unspecified atom stereocenters. The summed E-state index contributed by atoms with van der Waals surface area (Å²) in [5.74, 6) is 0.849. The zero-order chi connectivity index (χ0) is 13.6. The van der Waals surface area contributed by atoms with Crippen LogP contribution in [0.2, 0.25) is 0 Å². The van der Waals surface area contributed by atoms with Crippen LogP contribution in [0.25, 0.3) is 0 Å². The molecule has 102 valence electrons. The SMILES string of the molecule is CCCc1cc(NC(CCO)C(C)(C)C)ncn1. The number of aromatic nitrogens is 2. The lowest BCUT2D eigenvalue weighted by atomic mass is 9.85. The van der Waals surface area contributed by atoms with E-state index in [1.165, 1.54) is 0 Å². The second-order valence-electron chi connectivity index (χ2n) is 5.72. The van der Waals surface area contributed by atoms with Crippen molar-refractivity contribution < 1.29 is 5.11 Å². The van der Waals surface area contributed by atoms with E-state index in [1.54, 1.807) is 6.33 Å². The average molecular weight is 251 g/mol. The summed E-state index contributed by atoms with van der Waals surface area (Å²) < 4.78 is 0. The van der Waals surface area contributed by atoms with Gasteiger partial charge in [0.25, 0.3) is 0 Å². The largest absolute Gasteiger partial charge is 0.396 e. The number of aliphatic hydroxyl groups is 1. The first-order valence-electron chi connectivity index (χ1n) is 6.65. The molecule has 0 amide bonds. The zero-order valence-electron chi connectivity index (χ0n) is 11.9. The third kappa shape index (κ3) is 4.61. The quantitative estimate of drug-likeness (QED) is 0.816. The van der Waals surface area contributed by atoms with Crippen LogP contribution in [0.4, 0.5) is 5.82 Å². The van der Waals surface area contributed by atoms with E-state index in [1.807, 2.05) is 6.07 Å². The first-order valence-corrected chi connectivity index (χ1v) is 6.65. The number of nitrogens with zero attached hydrogens (tertiary/aromatic N) is 2. The molecule has 0 bridgehead atoms. The molecule has 1 rings (SSSR count). The van der Waals surface area contributed by atoms with Crippen molar-refractivity contribution in [1.29, 1.82) is 0 Å². The van der Waals surface area contributed by atoms with Crippen molar-refractivity contribution in [2.45, 2.75) is 53.0 Å². The standard InChI is InChI=1S/C14H25N3O/c1-5-6-11-9-13(16-10-15-11)17-12(7-8-18)14(2,3)4/h9-10,12,18H,5-8H2,1-4H3,(H,15,16,17). The summed E-state index contributed by atoms with van der Waals surface area (Å²) in [7, 11) is 0. The number of aliphatic hydroxyl groups excluding tert-OH is 1. The summed E-state index contributed by atoms with van der Waals surface area (Å²) in [6.45, 7) is 8.80. The first-order chi connectivity index (χ1) is 8.47. The molecule has 0 aliphatic heterocycles. The van der Waals surface area contributed by atoms with Crippen molar-refractivity contribution in [1.82, 2.24) is 9.97 Å². The number of aryl methyl sites for hydroxylation is 1. The fourth-order valence-corrected chi connectivity index (χ4v) is 1.90. The van der Waals surface area contributed by atoms with Crippen molar-refractivity contribution in [3.05, 3.63) is 18.1 Å². The van der Waals surface area contributed by atoms with Gasteiger partial charge in [0.1, 0.15) is 12.1 Å². The van der Waals surface area contributed by atoms with Crippen LogP contribution in [0, 0.1) is 5.41 Å². The second-order valence-corrected chi connectivity index (χ2v) is 5.72. The molecule has 0 fully saturated rings. The van der Waals surface area contributed by atoms with Gasteiger partial charge in [0.15, 0.2) is 0 Å². The van der Waals surface area contributed by atoms with E-state index in [4.69, 9.17) is 5.11 Å². The van der Waals surface area contributed by atoms with E-state index in [-0.39, 0.29) is 18.1 Å². The summed E-state index contributed by atoms with van der Waals surface area (Å²) in [6, 6.07) is 2.20. The summed E-state index contributed by atoms with van der Waals surface area (Å²) in [4.78, 5) is 8.50. The zero-order valence-corrected chi connectivity index (χ0v) is 11.9. The van der Waals surface area contributed by atoms with E-state index in [0.29, 0.717) is 0 Å². The van der Waals surface area contributed by atoms with Gasteiger partial charge < -0.3 is 10.4 Å². The molecule has 2 N–H and O–H groups in total. The molecular formula is C14H25N3O. The van der Waals surface area contributed by atoms with Crippen LogP contribution in [0.15, 0.2) is 12.4 Å². The van der Waals surface area contributed by atoms with E-state index in [0.717, 1.165) is 30.8 Å². The minimum absolute atomic E-state index is 0.0819. The Kier molecular flexibility index (Phi) is 5.54. The number of anilines is 1. The predicted octanol–water partition coefficient (Wildman–Crippen LogP) is 2.64. The lowest BCUT2D eigenvalue weighted by molar-refractivity contribution is 0.235. The fraction of sp³-hybridized carbons (Fsp3) is 0.714. The van der Waals surface area contributed by atoms with E-state index < -0.39 is 0 Å². The third-order valence-electron chi connectivity index (χ3n) is 3.02. The van der Waals surface area contributed by atoms with Crippen LogP contribution >= 0.6 is 0 Å². The molecule has 1 aromatic rings. The highest BCUT2D eigenvalue weighted by Gasteiger charge is 2.24. The van der Waals surface area contributed by atoms with Crippen LogP contribution in [-0.4, -0.2) is 27.7 Å². The van der Waals surface area contributed by atoms with Gasteiger partial charge in [-0.3, -0.25) is 0 Å². The number of rotatable bonds is 6. The fourth-order valence-electron chi connectivity index (χ4n) is 1.90. The Morgan fingerprint density at radius 2 is 2.06 bits per heavy atom. The van der Waals surface area contributed by atoms with Gasteiger partial charge in [-0.2, -0.15) is 0 Å². The summed E-state index contributed by atoms with van der Waals surface area (Å²) in [5, 5.41) is 12.6. The van der Waals surface area contributed by atoms with Crippen LogP contribution in [0.1, 0.15) is 46.2 Å². The maximum absolute atomic E-state index is 9.14. The van der Waals surface area contributed by atoms with Gasteiger partial charge in [-0.15, -0.1) is 0 Å². The molecule has 0 radical (unpaired) electrons. The predicted molar refractivity (Wildman–Crippen MR) is 74.6 cm³/mol. The van der Waals surface area contributed by atoms with E-state index in [9.17, 15) is 0 Å².